The second-order valence-corrected chi connectivity index (χ2v) is 5.84. The molecule has 0 aliphatic heterocycles. The number of carbonyl (C=O) groups excluding carboxylic acids is 1. The van der Waals surface area contributed by atoms with E-state index in [2.05, 4.69) is 0 Å². The zero-order valence-corrected chi connectivity index (χ0v) is 11.0. The van der Waals surface area contributed by atoms with Gasteiger partial charge in [0.1, 0.15) is 0 Å². The second-order valence-electron chi connectivity index (χ2n) is 4.79. The molecule has 98 valence electrons. The van der Waals surface area contributed by atoms with E-state index < -0.39 is 17.5 Å². The molecule has 2 N–H and O–H groups in total. The number of hydrogen-bond donors (Lipinski definition) is 1. The Morgan fingerprint density at radius 3 is 2.68 bits per heavy atom. The molecule has 0 fully saturated rings. The summed E-state index contributed by atoms with van der Waals surface area (Å²) in [6, 6.07) is 4.21. The highest BCUT2D eigenvalue weighted by Crippen LogP contribution is 2.44. The SMILES string of the molecule is CC1Cc2cc(C(N)=O)sc2-c2cc(F)c(F)cc21. The van der Waals surface area contributed by atoms with Crippen LogP contribution in [0.2, 0.25) is 0 Å². The van der Waals surface area contributed by atoms with Crippen LogP contribution in [0, 0.1) is 11.6 Å². The summed E-state index contributed by atoms with van der Waals surface area (Å²) in [5.74, 6) is -2.10. The molecule has 1 heterocycles. The second kappa shape index (κ2) is 4.13. The standard InChI is InChI=1S/C14H11F2NOS/c1-6-2-7-3-12(14(17)18)19-13(7)9-5-11(16)10(15)4-8(6)9/h3-6H,2H2,1H3,(H2,17,18). The van der Waals surface area contributed by atoms with E-state index in [0.29, 0.717) is 16.9 Å². The van der Waals surface area contributed by atoms with Crippen molar-refractivity contribution in [2.24, 2.45) is 5.73 Å². The Morgan fingerprint density at radius 2 is 2.00 bits per heavy atom. The van der Waals surface area contributed by atoms with Crippen molar-refractivity contribution < 1.29 is 13.6 Å². The number of thiophene rings is 1. The predicted molar refractivity (Wildman–Crippen MR) is 70.3 cm³/mol. The van der Waals surface area contributed by atoms with Gasteiger partial charge in [0, 0.05) is 4.88 Å². The van der Waals surface area contributed by atoms with Crippen LogP contribution in [-0.4, -0.2) is 5.91 Å². The van der Waals surface area contributed by atoms with Gasteiger partial charge in [-0.05, 0) is 47.2 Å². The van der Waals surface area contributed by atoms with Crippen molar-refractivity contribution in [3.63, 3.8) is 0 Å². The number of amides is 1. The zero-order chi connectivity index (χ0) is 13.7. The molecule has 0 radical (unpaired) electrons. The van der Waals surface area contributed by atoms with E-state index in [9.17, 15) is 13.6 Å². The lowest BCUT2D eigenvalue weighted by Crippen LogP contribution is -2.09. The van der Waals surface area contributed by atoms with E-state index in [1.165, 1.54) is 23.5 Å². The van der Waals surface area contributed by atoms with E-state index in [-0.39, 0.29) is 5.92 Å². The maximum Gasteiger partial charge on any atom is 0.258 e. The first-order valence-corrected chi connectivity index (χ1v) is 6.71. The minimum Gasteiger partial charge on any atom is -0.365 e. The highest BCUT2D eigenvalue weighted by atomic mass is 32.1. The molecule has 5 heteroatoms. The minimum absolute atomic E-state index is 0.0907. The first-order valence-electron chi connectivity index (χ1n) is 5.89. The molecular formula is C14H11F2NOS. The molecule has 2 nitrogen and oxygen atoms in total. The van der Waals surface area contributed by atoms with Crippen LogP contribution in [-0.2, 0) is 6.42 Å². The summed E-state index contributed by atoms with van der Waals surface area (Å²) in [5.41, 5.74) is 7.70. The fourth-order valence-corrected chi connectivity index (χ4v) is 3.62. The molecule has 0 saturated carbocycles. The van der Waals surface area contributed by atoms with Crippen LogP contribution in [0.1, 0.15) is 33.6 Å². The van der Waals surface area contributed by atoms with Crippen LogP contribution in [0.5, 0.6) is 0 Å². The molecule has 1 amide bonds. The quantitative estimate of drug-likeness (QED) is 0.853. The normalized spacial score (nSPS) is 16.9. The first kappa shape index (κ1) is 12.3. The Balaban J connectivity index is 2.25. The summed E-state index contributed by atoms with van der Waals surface area (Å²) in [6.45, 7) is 1.96. The monoisotopic (exact) mass is 279 g/mol. The summed E-state index contributed by atoms with van der Waals surface area (Å²) < 4.78 is 26.8. The van der Waals surface area contributed by atoms with Crippen LogP contribution in [0.25, 0.3) is 10.4 Å². The molecule has 1 aromatic carbocycles. The number of halogens is 2. The van der Waals surface area contributed by atoms with Gasteiger partial charge in [0.15, 0.2) is 11.6 Å². The third-order valence-electron chi connectivity index (χ3n) is 3.45. The van der Waals surface area contributed by atoms with Crippen LogP contribution < -0.4 is 5.73 Å². The van der Waals surface area contributed by atoms with E-state index in [1.807, 2.05) is 6.92 Å². The van der Waals surface area contributed by atoms with Gasteiger partial charge in [-0.2, -0.15) is 0 Å². The molecule has 1 unspecified atom stereocenters. The summed E-state index contributed by atoms with van der Waals surface area (Å²) in [6.07, 6.45) is 0.706. The van der Waals surface area contributed by atoms with Gasteiger partial charge in [-0.1, -0.05) is 6.92 Å². The summed E-state index contributed by atoms with van der Waals surface area (Å²) in [7, 11) is 0. The van der Waals surface area contributed by atoms with Gasteiger partial charge in [0.05, 0.1) is 4.88 Å². The molecular weight excluding hydrogens is 268 g/mol. The third-order valence-corrected chi connectivity index (χ3v) is 4.67. The highest BCUT2D eigenvalue weighted by molar-refractivity contribution is 7.17. The van der Waals surface area contributed by atoms with Crippen molar-refractivity contribution in [1.29, 1.82) is 0 Å². The maximum absolute atomic E-state index is 13.4. The van der Waals surface area contributed by atoms with Gasteiger partial charge < -0.3 is 5.73 Å². The van der Waals surface area contributed by atoms with E-state index in [4.69, 9.17) is 5.73 Å². The molecule has 0 saturated heterocycles. The summed E-state index contributed by atoms with van der Waals surface area (Å²) in [5, 5.41) is 0. The van der Waals surface area contributed by atoms with Gasteiger partial charge in [-0.3, -0.25) is 4.79 Å². The summed E-state index contributed by atoms with van der Waals surface area (Å²) in [4.78, 5) is 12.5. The van der Waals surface area contributed by atoms with Crippen LogP contribution in [0.4, 0.5) is 8.78 Å². The summed E-state index contributed by atoms with van der Waals surface area (Å²) >= 11 is 1.24. The average Bonchev–Trinajstić information content (AvgIpc) is 2.76. The Labute approximate surface area is 112 Å². The predicted octanol–water partition coefficient (Wildman–Crippen LogP) is 3.45. The van der Waals surface area contributed by atoms with Gasteiger partial charge >= 0.3 is 0 Å². The van der Waals surface area contributed by atoms with Gasteiger partial charge in [-0.25, -0.2) is 8.78 Å². The van der Waals surface area contributed by atoms with Gasteiger partial charge in [-0.15, -0.1) is 11.3 Å². The number of hydrogen-bond acceptors (Lipinski definition) is 2. The Hall–Kier alpha value is -1.75. The molecule has 1 aromatic heterocycles. The smallest absolute Gasteiger partial charge is 0.258 e. The fourth-order valence-electron chi connectivity index (χ4n) is 2.54. The number of carbonyl (C=O) groups is 1. The van der Waals surface area contributed by atoms with Crippen molar-refractivity contribution in [2.75, 3.05) is 0 Å². The van der Waals surface area contributed by atoms with Crippen molar-refractivity contribution in [1.82, 2.24) is 0 Å². The highest BCUT2D eigenvalue weighted by Gasteiger charge is 2.26. The van der Waals surface area contributed by atoms with E-state index >= 15 is 0 Å². The van der Waals surface area contributed by atoms with Crippen LogP contribution in [0.15, 0.2) is 18.2 Å². The molecule has 1 atom stereocenters. The Bertz CT molecular complexity index is 693. The van der Waals surface area contributed by atoms with Crippen molar-refractivity contribution in [2.45, 2.75) is 19.3 Å². The van der Waals surface area contributed by atoms with Crippen molar-refractivity contribution in [3.05, 3.63) is 45.8 Å². The van der Waals surface area contributed by atoms with Gasteiger partial charge in [0.2, 0.25) is 0 Å². The molecule has 1 aliphatic rings. The van der Waals surface area contributed by atoms with Crippen molar-refractivity contribution >= 4 is 17.2 Å². The molecule has 3 rings (SSSR count). The lowest BCUT2D eigenvalue weighted by Gasteiger charge is -2.22. The molecule has 0 spiro atoms. The zero-order valence-electron chi connectivity index (χ0n) is 10.2. The first-order chi connectivity index (χ1) is 8.97. The molecule has 2 aromatic rings. The lowest BCUT2D eigenvalue weighted by atomic mass is 9.83. The number of rotatable bonds is 1. The molecule has 19 heavy (non-hydrogen) atoms. The lowest BCUT2D eigenvalue weighted by molar-refractivity contribution is 0.100. The Kier molecular flexibility index (Phi) is 2.67. The molecule has 1 aliphatic carbocycles. The van der Waals surface area contributed by atoms with Crippen LogP contribution in [0.3, 0.4) is 0 Å². The number of nitrogens with two attached hydrogens (primary N) is 1. The maximum atomic E-state index is 13.4. The Morgan fingerprint density at radius 1 is 1.32 bits per heavy atom. The fraction of sp³-hybridized carbons (Fsp3) is 0.214. The number of primary amides is 1. The van der Waals surface area contributed by atoms with E-state index in [1.54, 1.807) is 6.07 Å². The third kappa shape index (κ3) is 1.85. The topological polar surface area (TPSA) is 43.1 Å². The number of fused-ring (bicyclic) bond motifs is 3. The van der Waals surface area contributed by atoms with E-state index in [0.717, 1.165) is 16.0 Å². The average molecular weight is 279 g/mol. The minimum atomic E-state index is -0.868. The molecule has 0 bridgehead atoms. The number of benzene rings is 1. The largest absolute Gasteiger partial charge is 0.365 e. The van der Waals surface area contributed by atoms with Crippen LogP contribution >= 0.6 is 11.3 Å². The van der Waals surface area contributed by atoms with Crippen molar-refractivity contribution in [3.8, 4) is 10.4 Å². The van der Waals surface area contributed by atoms with Gasteiger partial charge in [0.25, 0.3) is 5.91 Å².